The summed E-state index contributed by atoms with van der Waals surface area (Å²) < 4.78 is 26.2. The van der Waals surface area contributed by atoms with Gasteiger partial charge >= 0.3 is 0 Å². The standard InChI is InChI=1S/C14H28N4O3S2.HI/c1-2-15-14(17-6-3-13(19)4-7-17)16-5-12-23(20,21)18-8-10-22-11-9-18;/h13,19H,2-12H2,1H3,(H,15,16);1H. The third-order valence-corrected chi connectivity index (χ3v) is 6.87. The number of thioether (sulfide) groups is 1. The molecular weight excluding hydrogens is 463 g/mol. The first kappa shape index (κ1) is 22.3. The van der Waals surface area contributed by atoms with Gasteiger partial charge in [-0.2, -0.15) is 11.8 Å². The largest absolute Gasteiger partial charge is 0.393 e. The maximum absolute atomic E-state index is 12.3. The lowest BCUT2D eigenvalue weighted by Crippen LogP contribution is -2.47. The van der Waals surface area contributed by atoms with Gasteiger partial charge in [-0.25, -0.2) is 12.7 Å². The molecule has 0 unspecified atom stereocenters. The van der Waals surface area contributed by atoms with E-state index in [0.29, 0.717) is 13.1 Å². The molecule has 2 saturated heterocycles. The lowest BCUT2D eigenvalue weighted by atomic mass is 10.1. The fourth-order valence-electron chi connectivity index (χ4n) is 2.72. The Morgan fingerprint density at radius 3 is 2.46 bits per heavy atom. The summed E-state index contributed by atoms with van der Waals surface area (Å²) in [5, 5.41) is 12.8. The number of halogens is 1. The summed E-state index contributed by atoms with van der Waals surface area (Å²) in [6.07, 6.45) is 1.23. The van der Waals surface area contributed by atoms with Gasteiger partial charge in [-0.1, -0.05) is 0 Å². The van der Waals surface area contributed by atoms with Crippen molar-refractivity contribution >= 4 is 51.7 Å². The van der Waals surface area contributed by atoms with Crippen LogP contribution >= 0.6 is 35.7 Å². The van der Waals surface area contributed by atoms with Crippen molar-refractivity contribution in [1.82, 2.24) is 14.5 Å². The van der Waals surface area contributed by atoms with Crippen LogP contribution in [0.15, 0.2) is 4.99 Å². The molecule has 0 aliphatic carbocycles. The molecule has 2 heterocycles. The van der Waals surface area contributed by atoms with Crippen molar-refractivity contribution in [2.75, 3.05) is 56.5 Å². The quantitative estimate of drug-likeness (QED) is 0.329. The summed E-state index contributed by atoms with van der Waals surface area (Å²) in [6, 6.07) is 0. The first-order valence-corrected chi connectivity index (χ1v) is 11.1. The molecule has 0 aromatic rings. The van der Waals surface area contributed by atoms with Crippen molar-refractivity contribution in [2.45, 2.75) is 25.9 Å². The van der Waals surface area contributed by atoms with E-state index in [1.165, 1.54) is 0 Å². The molecule has 0 saturated carbocycles. The van der Waals surface area contributed by atoms with Crippen LogP contribution < -0.4 is 5.32 Å². The molecule has 2 aliphatic heterocycles. The average molecular weight is 492 g/mol. The summed E-state index contributed by atoms with van der Waals surface area (Å²) >= 11 is 1.80. The van der Waals surface area contributed by atoms with Gasteiger partial charge in [0, 0.05) is 44.2 Å². The van der Waals surface area contributed by atoms with E-state index >= 15 is 0 Å². The monoisotopic (exact) mass is 492 g/mol. The van der Waals surface area contributed by atoms with Crippen LogP contribution in [0.3, 0.4) is 0 Å². The molecular formula is C14H29IN4O3S2. The zero-order valence-electron chi connectivity index (χ0n) is 14.2. The van der Waals surface area contributed by atoms with E-state index in [-0.39, 0.29) is 42.4 Å². The second kappa shape index (κ2) is 11.0. The molecule has 0 aromatic carbocycles. The predicted octanol–water partition coefficient (Wildman–Crippen LogP) is 0.405. The molecule has 0 aromatic heterocycles. The third-order valence-electron chi connectivity index (χ3n) is 4.07. The Labute approximate surface area is 166 Å². The number of aliphatic hydroxyl groups excluding tert-OH is 1. The number of nitrogens with zero attached hydrogens (tertiary/aromatic N) is 3. The van der Waals surface area contributed by atoms with Gasteiger partial charge in [0.25, 0.3) is 0 Å². The van der Waals surface area contributed by atoms with Crippen molar-refractivity contribution in [3.8, 4) is 0 Å². The Morgan fingerprint density at radius 1 is 1.25 bits per heavy atom. The molecule has 10 heteroatoms. The lowest BCUT2D eigenvalue weighted by molar-refractivity contribution is 0.108. The number of piperidine rings is 1. The Morgan fingerprint density at radius 2 is 1.88 bits per heavy atom. The van der Waals surface area contributed by atoms with Crippen molar-refractivity contribution in [3.63, 3.8) is 0 Å². The Kier molecular flexibility index (Phi) is 10.2. The lowest BCUT2D eigenvalue weighted by Gasteiger charge is -2.32. The predicted molar refractivity (Wildman–Crippen MR) is 111 cm³/mol. The molecule has 2 rings (SSSR count). The first-order chi connectivity index (χ1) is 11.0. The molecule has 0 bridgehead atoms. The number of rotatable bonds is 5. The second-order valence-electron chi connectivity index (χ2n) is 5.78. The van der Waals surface area contributed by atoms with Crippen molar-refractivity contribution in [1.29, 1.82) is 0 Å². The fourth-order valence-corrected chi connectivity index (χ4v) is 5.18. The smallest absolute Gasteiger partial charge is 0.215 e. The van der Waals surface area contributed by atoms with Crippen LogP contribution in [0.2, 0.25) is 0 Å². The molecule has 0 amide bonds. The van der Waals surface area contributed by atoms with Crippen LogP contribution in [0, 0.1) is 0 Å². The number of aliphatic imine (C=N–C) groups is 1. The maximum Gasteiger partial charge on any atom is 0.215 e. The zero-order chi connectivity index (χ0) is 16.7. The molecule has 2 fully saturated rings. The SMILES string of the molecule is CCNC(=NCCS(=O)(=O)N1CCSCC1)N1CCC(O)CC1.I. The Bertz CT molecular complexity index is 490. The van der Waals surface area contributed by atoms with Gasteiger partial charge in [-0.05, 0) is 19.8 Å². The minimum absolute atomic E-state index is 0. The van der Waals surface area contributed by atoms with Gasteiger partial charge in [0.15, 0.2) is 5.96 Å². The number of nitrogens with one attached hydrogen (secondary N) is 1. The van der Waals surface area contributed by atoms with Gasteiger partial charge in [-0.15, -0.1) is 24.0 Å². The van der Waals surface area contributed by atoms with Crippen molar-refractivity contribution in [3.05, 3.63) is 0 Å². The molecule has 0 atom stereocenters. The van der Waals surface area contributed by atoms with Gasteiger partial charge in [0.1, 0.15) is 0 Å². The van der Waals surface area contributed by atoms with E-state index in [4.69, 9.17) is 0 Å². The highest BCUT2D eigenvalue weighted by atomic mass is 127. The summed E-state index contributed by atoms with van der Waals surface area (Å²) in [5.41, 5.74) is 0. The summed E-state index contributed by atoms with van der Waals surface area (Å²) in [6.45, 7) is 5.74. The normalized spacial score (nSPS) is 21.4. The van der Waals surface area contributed by atoms with E-state index in [1.807, 2.05) is 6.92 Å². The first-order valence-electron chi connectivity index (χ1n) is 8.30. The number of hydrogen-bond acceptors (Lipinski definition) is 5. The Balaban J connectivity index is 0.00000288. The van der Waals surface area contributed by atoms with Crippen LogP contribution in [-0.2, 0) is 10.0 Å². The molecule has 7 nitrogen and oxygen atoms in total. The summed E-state index contributed by atoms with van der Waals surface area (Å²) in [5.74, 6) is 2.56. The van der Waals surface area contributed by atoms with Crippen molar-refractivity contribution < 1.29 is 13.5 Å². The van der Waals surface area contributed by atoms with Crippen LogP contribution in [0.4, 0.5) is 0 Å². The molecule has 2 aliphatic rings. The number of guanidine groups is 1. The van der Waals surface area contributed by atoms with E-state index < -0.39 is 10.0 Å². The minimum Gasteiger partial charge on any atom is -0.393 e. The zero-order valence-corrected chi connectivity index (χ0v) is 18.1. The highest BCUT2D eigenvalue weighted by Gasteiger charge is 2.24. The van der Waals surface area contributed by atoms with E-state index in [0.717, 1.165) is 49.9 Å². The highest BCUT2D eigenvalue weighted by Crippen LogP contribution is 2.13. The van der Waals surface area contributed by atoms with E-state index in [1.54, 1.807) is 16.1 Å². The number of hydrogen-bond donors (Lipinski definition) is 2. The number of likely N-dealkylation sites (tertiary alicyclic amines) is 1. The van der Waals surface area contributed by atoms with E-state index in [2.05, 4.69) is 15.2 Å². The van der Waals surface area contributed by atoms with Gasteiger partial charge in [0.05, 0.1) is 18.4 Å². The van der Waals surface area contributed by atoms with Gasteiger partial charge in [-0.3, -0.25) is 4.99 Å². The summed E-state index contributed by atoms with van der Waals surface area (Å²) in [7, 11) is -3.21. The molecule has 2 N–H and O–H groups in total. The average Bonchev–Trinajstić information content (AvgIpc) is 2.56. The summed E-state index contributed by atoms with van der Waals surface area (Å²) in [4.78, 5) is 6.58. The number of sulfonamides is 1. The van der Waals surface area contributed by atoms with Gasteiger partial charge < -0.3 is 15.3 Å². The van der Waals surface area contributed by atoms with Crippen LogP contribution in [0.25, 0.3) is 0 Å². The second-order valence-corrected chi connectivity index (χ2v) is 9.09. The molecule has 142 valence electrons. The Hall–Kier alpha value is 0.220. The molecule has 24 heavy (non-hydrogen) atoms. The van der Waals surface area contributed by atoms with Crippen LogP contribution in [0.1, 0.15) is 19.8 Å². The van der Waals surface area contributed by atoms with Gasteiger partial charge in [0.2, 0.25) is 10.0 Å². The minimum atomic E-state index is -3.21. The highest BCUT2D eigenvalue weighted by molar-refractivity contribution is 14.0. The molecule has 0 spiro atoms. The fraction of sp³-hybridized carbons (Fsp3) is 0.929. The molecule has 0 radical (unpaired) electrons. The maximum atomic E-state index is 12.3. The topological polar surface area (TPSA) is 85.2 Å². The third kappa shape index (κ3) is 6.85. The van der Waals surface area contributed by atoms with Crippen molar-refractivity contribution in [2.24, 2.45) is 4.99 Å². The van der Waals surface area contributed by atoms with Crippen LogP contribution in [0.5, 0.6) is 0 Å². The van der Waals surface area contributed by atoms with Crippen LogP contribution in [-0.4, -0.2) is 91.3 Å². The number of aliphatic hydroxyl groups is 1. The van der Waals surface area contributed by atoms with E-state index in [9.17, 15) is 13.5 Å².